The molecule has 4 rings (SSSR count). The van der Waals surface area contributed by atoms with Gasteiger partial charge in [0.05, 0.1) is 17.8 Å². The van der Waals surface area contributed by atoms with E-state index < -0.39 is 12.2 Å². The van der Waals surface area contributed by atoms with E-state index in [0.717, 1.165) is 5.52 Å². The molecule has 1 aromatic carbocycles. The number of hydrogen-bond acceptors (Lipinski definition) is 3. The van der Waals surface area contributed by atoms with Crippen molar-refractivity contribution < 1.29 is 19.4 Å². The maximum Gasteiger partial charge on any atom is 0.256 e. The molecule has 23 heavy (non-hydrogen) atoms. The second-order valence-corrected chi connectivity index (χ2v) is 6.73. The monoisotopic (exact) mass is 318 g/mol. The number of hydrogen-bond donors (Lipinski definition) is 3. The fourth-order valence-corrected chi connectivity index (χ4v) is 4.01. The van der Waals surface area contributed by atoms with Crippen molar-refractivity contribution in [3.05, 3.63) is 35.8 Å². The van der Waals surface area contributed by atoms with Crippen molar-refractivity contribution in [2.75, 3.05) is 13.1 Å². The highest BCUT2D eigenvalue weighted by Gasteiger charge is 2.42. The van der Waals surface area contributed by atoms with Crippen LogP contribution in [0, 0.1) is 17.7 Å². The first kappa shape index (κ1) is 14.7. The van der Waals surface area contributed by atoms with Gasteiger partial charge in [0.15, 0.2) is 0 Å². The van der Waals surface area contributed by atoms with Crippen LogP contribution in [0.25, 0.3) is 10.9 Å². The first-order valence-electron chi connectivity index (χ1n) is 7.95. The molecule has 0 radical (unpaired) electrons. The Morgan fingerprint density at radius 3 is 2.48 bits per heavy atom. The van der Waals surface area contributed by atoms with Crippen molar-refractivity contribution in [2.24, 2.45) is 11.8 Å². The van der Waals surface area contributed by atoms with Crippen LogP contribution in [0.1, 0.15) is 23.2 Å². The number of fused-ring (bicyclic) bond motifs is 2. The summed E-state index contributed by atoms with van der Waals surface area (Å²) in [6.45, 7) is 1.16. The molecule has 3 N–H and O–H groups in total. The number of likely N-dealkylation sites (tertiary alicyclic amines) is 1. The Bertz CT molecular complexity index is 741. The third-order valence-electron chi connectivity index (χ3n) is 5.27. The maximum absolute atomic E-state index is 13.5. The van der Waals surface area contributed by atoms with Gasteiger partial charge in [0.25, 0.3) is 5.91 Å². The summed E-state index contributed by atoms with van der Waals surface area (Å²) in [6.07, 6.45) is 1.27. The van der Waals surface area contributed by atoms with Crippen LogP contribution in [0.5, 0.6) is 0 Å². The number of aromatic nitrogens is 1. The van der Waals surface area contributed by atoms with Gasteiger partial charge in [0.1, 0.15) is 5.82 Å². The number of halogens is 1. The van der Waals surface area contributed by atoms with Crippen LogP contribution in [0.2, 0.25) is 0 Å². The molecule has 2 aliphatic rings. The molecule has 0 unspecified atom stereocenters. The van der Waals surface area contributed by atoms with Gasteiger partial charge in [0, 0.05) is 30.2 Å². The zero-order chi connectivity index (χ0) is 16.1. The van der Waals surface area contributed by atoms with Gasteiger partial charge in [-0.25, -0.2) is 4.39 Å². The molecule has 4 atom stereocenters. The van der Waals surface area contributed by atoms with E-state index >= 15 is 0 Å². The first-order valence-corrected chi connectivity index (χ1v) is 7.95. The molecular formula is C17H19FN2O3. The number of amides is 1. The third-order valence-corrected chi connectivity index (χ3v) is 5.27. The van der Waals surface area contributed by atoms with Gasteiger partial charge in [-0.1, -0.05) is 0 Å². The maximum atomic E-state index is 13.5. The number of aromatic amines is 1. The predicted molar refractivity (Wildman–Crippen MR) is 82.4 cm³/mol. The average Bonchev–Trinajstić information content (AvgIpc) is 3.10. The number of benzene rings is 1. The summed E-state index contributed by atoms with van der Waals surface area (Å²) in [6, 6.07) is 4.36. The van der Waals surface area contributed by atoms with E-state index in [9.17, 15) is 19.4 Å². The van der Waals surface area contributed by atoms with Crippen LogP contribution in [0.4, 0.5) is 4.39 Å². The number of carbonyl (C=O) groups excluding carboxylic acids is 1. The predicted octanol–water partition coefficient (Wildman–Crippen LogP) is 1.51. The Hall–Kier alpha value is -1.92. The van der Waals surface area contributed by atoms with E-state index in [1.54, 1.807) is 17.2 Å². The zero-order valence-corrected chi connectivity index (χ0v) is 12.6. The summed E-state index contributed by atoms with van der Waals surface area (Å²) in [4.78, 5) is 17.6. The lowest BCUT2D eigenvalue weighted by Crippen LogP contribution is -2.38. The number of aliphatic hydroxyl groups excluding tert-OH is 2. The minimum absolute atomic E-state index is 0.125. The molecule has 1 saturated heterocycles. The minimum Gasteiger partial charge on any atom is -0.390 e. The SMILES string of the molecule is O=C(c1c[nH]c2ccc(F)cc12)N1C[C@H]2C[C@H](O)[C@H](O)C[C@H]2C1. The van der Waals surface area contributed by atoms with Gasteiger partial charge in [-0.3, -0.25) is 4.79 Å². The summed E-state index contributed by atoms with van der Waals surface area (Å²) in [5, 5.41) is 20.2. The highest BCUT2D eigenvalue weighted by Crippen LogP contribution is 2.37. The Morgan fingerprint density at radius 1 is 1.17 bits per heavy atom. The van der Waals surface area contributed by atoms with E-state index in [-0.39, 0.29) is 23.6 Å². The standard InChI is InChI=1S/C17H19FN2O3/c18-11-1-2-14-12(5-11)13(6-19-14)17(23)20-7-9-3-15(21)16(22)4-10(9)8-20/h1-2,5-6,9-10,15-16,19,21-22H,3-4,7-8H2/t9-,10+,15+,16-. The second kappa shape index (κ2) is 5.32. The van der Waals surface area contributed by atoms with Crippen LogP contribution >= 0.6 is 0 Å². The van der Waals surface area contributed by atoms with Crippen LogP contribution in [0.15, 0.2) is 24.4 Å². The first-order chi connectivity index (χ1) is 11.0. The Labute approximate surface area is 132 Å². The summed E-state index contributed by atoms with van der Waals surface area (Å²) < 4.78 is 13.5. The minimum atomic E-state index is -0.700. The van der Waals surface area contributed by atoms with Crippen molar-refractivity contribution in [1.82, 2.24) is 9.88 Å². The lowest BCUT2D eigenvalue weighted by molar-refractivity contribution is -0.0372. The van der Waals surface area contributed by atoms with Crippen molar-refractivity contribution in [3.8, 4) is 0 Å². The van der Waals surface area contributed by atoms with Gasteiger partial charge in [-0.2, -0.15) is 0 Å². The van der Waals surface area contributed by atoms with Crippen molar-refractivity contribution >= 4 is 16.8 Å². The highest BCUT2D eigenvalue weighted by molar-refractivity contribution is 6.06. The number of nitrogens with one attached hydrogen (secondary N) is 1. The molecule has 1 saturated carbocycles. The number of H-pyrrole nitrogens is 1. The summed E-state index contributed by atoms with van der Waals surface area (Å²) in [5.74, 6) is -0.0497. The smallest absolute Gasteiger partial charge is 0.256 e. The lowest BCUT2D eigenvalue weighted by Gasteiger charge is -2.31. The lowest BCUT2D eigenvalue weighted by atomic mass is 9.79. The highest BCUT2D eigenvalue weighted by atomic mass is 19.1. The topological polar surface area (TPSA) is 76.6 Å². The molecule has 122 valence electrons. The molecule has 1 aliphatic heterocycles. The normalized spacial score (nSPS) is 30.7. The van der Waals surface area contributed by atoms with Gasteiger partial charge in [-0.15, -0.1) is 0 Å². The summed E-state index contributed by atoms with van der Waals surface area (Å²) in [5.41, 5.74) is 1.21. The number of nitrogens with zero attached hydrogens (tertiary/aromatic N) is 1. The van der Waals surface area contributed by atoms with Gasteiger partial charge < -0.3 is 20.1 Å². The molecule has 6 heteroatoms. The fourth-order valence-electron chi connectivity index (χ4n) is 4.01. The van der Waals surface area contributed by atoms with Crippen molar-refractivity contribution in [3.63, 3.8) is 0 Å². The zero-order valence-electron chi connectivity index (χ0n) is 12.6. The second-order valence-electron chi connectivity index (χ2n) is 6.73. The number of aliphatic hydroxyl groups is 2. The Balaban J connectivity index is 1.59. The third kappa shape index (κ3) is 2.42. The largest absolute Gasteiger partial charge is 0.390 e. The average molecular weight is 318 g/mol. The van der Waals surface area contributed by atoms with Crippen LogP contribution in [0.3, 0.4) is 0 Å². The molecule has 2 aromatic rings. The molecule has 5 nitrogen and oxygen atoms in total. The van der Waals surface area contributed by atoms with Gasteiger partial charge in [0.2, 0.25) is 0 Å². The molecule has 2 heterocycles. The van der Waals surface area contributed by atoms with Gasteiger partial charge in [-0.05, 0) is 42.9 Å². The molecule has 2 fully saturated rings. The Morgan fingerprint density at radius 2 is 1.83 bits per heavy atom. The molecule has 1 aromatic heterocycles. The van der Waals surface area contributed by atoms with Crippen molar-refractivity contribution in [2.45, 2.75) is 25.0 Å². The Kier molecular flexibility index (Phi) is 3.39. The van der Waals surface area contributed by atoms with E-state index in [0.29, 0.717) is 36.9 Å². The van der Waals surface area contributed by atoms with Crippen LogP contribution < -0.4 is 0 Å². The molecular weight excluding hydrogens is 299 g/mol. The summed E-state index contributed by atoms with van der Waals surface area (Å²) >= 11 is 0. The van der Waals surface area contributed by atoms with E-state index in [1.807, 2.05) is 0 Å². The summed E-state index contributed by atoms with van der Waals surface area (Å²) in [7, 11) is 0. The van der Waals surface area contributed by atoms with E-state index in [4.69, 9.17) is 0 Å². The number of rotatable bonds is 1. The fraction of sp³-hybridized carbons (Fsp3) is 0.471. The van der Waals surface area contributed by atoms with E-state index in [1.165, 1.54) is 12.1 Å². The van der Waals surface area contributed by atoms with Gasteiger partial charge >= 0.3 is 0 Å². The van der Waals surface area contributed by atoms with Crippen LogP contribution in [-0.4, -0.2) is 51.3 Å². The molecule has 1 amide bonds. The number of carbonyl (C=O) groups is 1. The molecule has 0 spiro atoms. The quantitative estimate of drug-likeness (QED) is 0.746. The molecule has 1 aliphatic carbocycles. The van der Waals surface area contributed by atoms with E-state index in [2.05, 4.69) is 4.98 Å². The van der Waals surface area contributed by atoms with Crippen LogP contribution in [-0.2, 0) is 0 Å². The molecule has 0 bridgehead atoms. The van der Waals surface area contributed by atoms with Crippen molar-refractivity contribution in [1.29, 1.82) is 0 Å².